The number of aryl methyl sites for hydroxylation is 1. The molecule has 2 N–H and O–H groups in total. The quantitative estimate of drug-likeness (QED) is 0.898. The number of halogens is 2. The number of phenols is 1. The van der Waals surface area contributed by atoms with Crippen molar-refractivity contribution in [1.29, 1.82) is 0 Å². The third-order valence-electron chi connectivity index (χ3n) is 3.04. The molecule has 2 aromatic rings. The van der Waals surface area contributed by atoms with Gasteiger partial charge in [0.2, 0.25) is 0 Å². The van der Waals surface area contributed by atoms with Crippen LogP contribution in [0.2, 0.25) is 0 Å². The molecule has 2 aromatic carbocycles. The highest BCUT2D eigenvalue weighted by Gasteiger charge is 2.13. The highest BCUT2D eigenvalue weighted by molar-refractivity contribution is 5.52. The van der Waals surface area contributed by atoms with Gasteiger partial charge in [0.1, 0.15) is 11.5 Å². The van der Waals surface area contributed by atoms with Gasteiger partial charge in [-0.1, -0.05) is 18.2 Å². The Bertz CT molecular complexity index is 630. The van der Waals surface area contributed by atoms with Crippen LogP contribution in [0.5, 0.6) is 11.5 Å². The van der Waals surface area contributed by atoms with Crippen molar-refractivity contribution in [2.45, 2.75) is 13.5 Å². The molecule has 0 aliphatic rings. The number of hydrogen-bond donors (Lipinski definition) is 2. The minimum absolute atomic E-state index is 0.0454. The smallest absolute Gasteiger partial charge is 0.162 e. The zero-order valence-corrected chi connectivity index (χ0v) is 11.2. The van der Waals surface area contributed by atoms with Crippen LogP contribution in [-0.4, -0.2) is 12.2 Å². The van der Waals surface area contributed by atoms with Gasteiger partial charge in [-0.15, -0.1) is 0 Å². The average Bonchev–Trinajstić information content (AvgIpc) is 2.44. The van der Waals surface area contributed by atoms with Crippen molar-refractivity contribution >= 4 is 5.69 Å². The number of ether oxygens (including phenoxy) is 1. The number of anilines is 1. The number of benzene rings is 2. The van der Waals surface area contributed by atoms with Crippen molar-refractivity contribution in [3.63, 3.8) is 0 Å². The van der Waals surface area contributed by atoms with Crippen LogP contribution in [0, 0.1) is 18.6 Å². The van der Waals surface area contributed by atoms with Crippen LogP contribution in [0.15, 0.2) is 30.3 Å². The second-order valence-corrected chi connectivity index (χ2v) is 4.37. The van der Waals surface area contributed by atoms with Crippen LogP contribution in [0.1, 0.15) is 11.1 Å². The number of methoxy groups -OCH3 is 1. The molecule has 0 unspecified atom stereocenters. The van der Waals surface area contributed by atoms with Crippen molar-refractivity contribution in [3.05, 3.63) is 53.1 Å². The lowest BCUT2D eigenvalue weighted by molar-refractivity contribution is 0.371. The van der Waals surface area contributed by atoms with Gasteiger partial charge in [0.25, 0.3) is 0 Å². The monoisotopic (exact) mass is 279 g/mol. The molecular formula is C15H15F2NO2. The summed E-state index contributed by atoms with van der Waals surface area (Å²) in [5.74, 6) is -1.03. The fraction of sp³-hybridized carbons (Fsp3) is 0.200. The number of para-hydroxylation sites is 1. The van der Waals surface area contributed by atoms with Crippen molar-refractivity contribution in [2.24, 2.45) is 0 Å². The van der Waals surface area contributed by atoms with E-state index < -0.39 is 11.6 Å². The fourth-order valence-electron chi connectivity index (χ4n) is 1.88. The predicted octanol–water partition coefficient (Wildman–Crippen LogP) is 3.60. The number of nitrogens with one attached hydrogen (secondary N) is 1. The van der Waals surface area contributed by atoms with E-state index in [9.17, 15) is 13.9 Å². The molecule has 2 rings (SSSR count). The molecule has 0 amide bonds. The number of phenolic OH excluding ortho intramolecular Hbond substituents is 1. The second kappa shape index (κ2) is 5.77. The summed E-state index contributed by atoms with van der Waals surface area (Å²) in [5, 5.41) is 12.6. The van der Waals surface area contributed by atoms with E-state index in [1.165, 1.54) is 19.2 Å². The highest BCUT2D eigenvalue weighted by atomic mass is 19.1. The van der Waals surface area contributed by atoms with Gasteiger partial charge in [0.05, 0.1) is 7.11 Å². The standard InChI is InChI=1S/C15H15F2NO2/c1-9-6-7-11(16)14(13(9)17)18-8-10-4-3-5-12(20-2)15(10)19/h3-7,18-19H,8H2,1-2H3. The molecule has 3 nitrogen and oxygen atoms in total. The molecule has 0 atom stereocenters. The van der Waals surface area contributed by atoms with Gasteiger partial charge in [0, 0.05) is 12.1 Å². The first-order valence-corrected chi connectivity index (χ1v) is 6.08. The topological polar surface area (TPSA) is 41.5 Å². The zero-order chi connectivity index (χ0) is 14.7. The minimum atomic E-state index is -0.671. The summed E-state index contributed by atoms with van der Waals surface area (Å²) in [6, 6.07) is 7.52. The summed E-state index contributed by atoms with van der Waals surface area (Å²) in [4.78, 5) is 0. The molecule has 0 aliphatic heterocycles. The SMILES string of the molecule is COc1cccc(CNc2c(F)ccc(C)c2F)c1O. The van der Waals surface area contributed by atoms with E-state index >= 15 is 0 Å². The summed E-state index contributed by atoms with van der Waals surface area (Å²) in [6.07, 6.45) is 0. The van der Waals surface area contributed by atoms with Gasteiger partial charge < -0.3 is 15.2 Å². The molecule has 0 radical (unpaired) electrons. The van der Waals surface area contributed by atoms with E-state index in [0.717, 1.165) is 0 Å². The second-order valence-electron chi connectivity index (χ2n) is 4.37. The molecule has 106 valence electrons. The van der Waals surface area contributed by atoms with Crippen LogP contribution in [0.3, 0.4) is 0 Å². The largest absolute Gasteiger partial charge is 0.504 e. The third-order valence-corrected chi connectivity index (χ3v) is 3.04. The summed E-state index contributed by atoms with van der Waals surface area (Å²) in [6.45, 7) is 1.64. The summed E-state index contributed by atoms with van der Waals surface area (Å²) in [7, 11) is 1.44. The first kappa shape index (κ1) is 14.1. The van der Waals surface area contributed by atoms with E-state index in [1.807, 2.05) is 0 Å². The Morgan fingerprint density at radius 2 is 1.95 bits per heavy atom. The van der Waals surface area contributed by atoms with Crippen molar-refractivity contribution in [1.82, 2.24) is 0 Å². The molecule has 0 bridgehead atoms. The highest BCUT2D eigenvalue weighted by Crippen LogP contribution is 2.30. The first-order chi connectivity index (χ1) is 9.54. The van der Waals surface area contributed by atoms with Crippen LogP contribution in [-0.2, 0) is 6.54 Å². The molecular weight excluding hydrogens is 264 g/mol. The van der Waals surface area contributed by atoms with E-state index in [-0.39, 0.29) is 18.0 Å². The van der Waals surface area contributed by atoms with Gasteiger partial charge in [-0.3, -0.25) is 0 Å². The Labute approximate surface area is 115 Å². The molecule has 0 saturated carbocycles. The fourth-order valence-corrected chi connectivity index (χ4v) is 1.88. The van der Waals surface area contributed by atoms with Gasteiger partial charge in [0.15, 0.2) is 17.3 Å². The maximum Gasteiger partial charge on any atom is 0.162 e. The first-order valence-electron chi connectivity index (χ1n) is 6.08. The Kier molecular flexibility index (Phi) is 4.08. The molecule has 0 heterocycles. The molecule has 0 fully saturated rings. The van der Waals surface area contributed by atoms with E-state index in [0.29, 0.717) is 16.9 Å². The lowest BCUT2D eigenvalue weighted by atomic mass is 10.1. The average molecular weight is 279 g/mol. The molecule has 20 heavy (non-hydrogen) atoms. The van der Waals surface area contributed by atoms with Gasteiger partial charge >= 0.3 is 0 Å². The van der Waals surface area contributed by atoms with Crippen molar-refractivity contribution < 1.29 is 18.6 Å². The number of aromatic hydroxyl groups is 1. The van der Waals surface area contributed by atoms with E-state index in [1.54, 1.807) is 25.1 Å². The van der Waals surface area contributed by atoms with Gasteiger partial charge in [-0.05, 0) is 24.6 Å². The Morgan fingerprint density at radius 3 is 2.65 bits per heavy atom. The van der Waals surface area contributed by atoms with E-state index in [4.69, 9.17) is 4.74 Å². The Morgan fingerprint density at radius 1 is 1.20 bits per heavy atom. The Hall–Kier alpha value is -2.30. The van der Waals surface area contributed by atoms with Crippen LogP contribution < -0.4 is 10.1 Å². The summed E-state index contributed by atoms with van der Waals surface area (Å²) >= 11 is 0. The molecule has 5 heteroatoms. The lowest BCUT2D eigenvalue weighted by Gasteiger charge is -2.12. The molecule has 0 aromatic heterocycles. The lowest BCUT2D eigenvalue weighted by Crippen LogP contribution is -2.05. The maximum absolute atomic E-state index is 13.8. The number of hydrogen-bond acceptors (Lipinski definition) is 3. The molecule has 0 saturated heterocycles. The predicted molar refractivity (Wildman–Crippen MR) is 73.1 cm³/mol. The molecule has 0 aliphatic carbocycles. The summed E-state index contributed by atoms with van der Waals surface area (Å²) < 4.78 is 32.4. The Balaban J connectivity index is 2.24. The van der Waals surface area contributed by atoms with Crippen molar-refractivity contribution in [2.75, 3.05) is 12.4 Å². The molecule has 0 spiro atoms. The van der Waals surface area contributed by atoms with Crippen molar-refractivity contribution in [3.8, 4) is 11.5 Å². The number of rotatable bonds is 4. The zero-order valence-electron chi connectivity index (χ0n) is 11.2. The van der Waals surface area contributed by atoms with Gasteiger partial charge in [-0.25, -0.2) is 8.78 Å². The summed E-state index contributed by atoms with van der Waals surface area (Å²) in [5.41, 5.74) is 0.639. The van der Waals surface area contributed by atoms with E-state index in [2.05, 4.69) is 5.32 Å². The third kappa shape index (κ3) is 2.66. The van der Waals surface area contributed by atoms with Crippen LogP contribution >= 0.6 is 0 Å². The normalized spacial score (nSPS) is 10.4. The van der Waals surface area contributed by atoms with Gasteiger partial charge in [-0.2, -0.15) is 0 Å². The van der Waals surface area contributed by atoms with Crippen LogP contribution in [0.4, 0.5) is 14.5 Å². The van der Waals surface area contributed by atoms with Crippen LogP contribution in [0.25, 0.3) is 0 Å². The minimum Gasteiger partial charge on any atom is -0.504 e. The maximum atomic E-state index is 13.8.